The van der Waals surface area contributed by atoms with E-state index in [-0.39, 0.29) is 0 Å². The van der Waals surface area contributed by atoms with Crippen molar-refractivity contribution in [2.75, 3.05) is 0 Å². The molecular formula is C15H33B. The zero-order chi connectivity index (χ0) is 11.9. The minimum absolute atomic E-state index is 1.37. The van der Waals surface area contributed by atoms with Crippen molar-refractivity contribution in [1.82, 2.24) is 0 Å². The molecule has 0 aliphatic rings. The lowest BCUT2D eigenvalue weighted by Crippen LogP contribution is -1.82. The third kappa shape index (κ3) is 14.1. The highest BCUT2D eigenvalue weighted by atomic mass is 14.0. The van der Waals surface area contributed by atoms with Crippen LogP contribution in [0.2, 0.25) is 6.32 Å². The van der Waals surface area contributed by atoms with E-state index in [1.165, 1.54) is 89.8 Å². The first kappa shape index (κ1) is 16.1. The van der Waals surface area contributed by atoms with Crippen LogP contribution >= 0.6 is 0 Å². The molecule has 0 aliphatic carbocycles. The first-order chi connectivity index (χ1) is 7.91. The molecule has 0 amide bonds. The smallest absolute Gasteiger partial charge is 0.0811 e. The summed E-state index contributed by atoms with van der Waals surface area (Å²) in [5.41, 5.74) is 0. The van der Waals surface area contributed by atoms with Crippen LogP contribution in [0.4, 0.5) is 0 Å². The van der Waals surface area contributed by atoms with E-state index in [4.69, 9.17) is 0 Å². The summed E-state index contributed by atoms with van der Waals surface area (Å²) < 4.78 is 0. The van der Waals surface area contributed by atoms with Gasteiger partial charge in [0.25, 0.3) is 0 Å². The molecule has 0 unspecified atom stereocenters. The monoisotopic (exact) mass is 224 g/mol. The van der Waals surface area contributed by atoms with E-state index in [2.05, 4.69) is 14.8 Å². The van der Waals surface area contributed by atoms with Crippen molar-refractivity contribution >= 4 is 7.85 Å². The van der Waals surface area contributed by atoms with Gasteiger partial charge in [-0.3, -0.25) is 0 Å². The summed E-state index contributed by atoms with van der Waals surface area (Å²) in [5, 5.41) is 0. The molecule has 0 radical (unpaired) electrons. The van der Waals surface area contributed by atoms with Gasteiger partial charge in [-0.1, -0.05) is 96.7 Å². The third-order valence-electron chi connectivity index (χ3n) is 3.46. The standard InChI is InChI=1S/C15H33B/c1-2-3-4-5-6-7-8-9-10-11-12-13-14-15-16/h2-16H2,1H3. The maximum Gasteiger partial charge on any atom is 0.101 e. The zero-order valence-electron chi connectivity index (χ0n) is 11.9. The second-order valence-electron chi connectivity index (χ2n) is 5.24. The number of hydrogen-bond acceptors (Lipinski definition) is 0. The van der Waals surface area contributed by atoms with E-state index in [0.717, 1.165) is 0 Å². The minimum atomic E-state index is 1.37. The lowest BCUT2D eigenvalue weighted by molar-refractivity contribution is 0.542. The van der Waals surface area contributed by atoms with Crippen LogP contribution in [0.1, 0.15) is 90.4 Å². The van der Waals surface area contributed by atoms with Gasteiger partial charge in [-0.25, -0.2) is 0 Å². The van der Waals surface area contributed by atoms with Gasteiger partial charge in [0.05, 0.1) is 0 Å². The molecule has 0 N–H and O–H groups in total. The van der Waals surface area contributed by atoms with Gasteiger partial charge in [-0.2, -0.15) is 0 Å². The molecule has 0 fully saturated rings. The first-order valence-corrected chi connectivity index (χ1v) is 7.91. The molecule has 0 saturated carbocycles. The lowest BCUT2D eigenvalue weighted by atomic mass is 9.98. The van der Waals surface area contributed by atoms with Crippen molar-refractivity contribution in [2.24, 2.45) is 0 Å². The van der Waals surface area contributed by atoms with Crippen LogP contribution in [0.25, 0.3) is 0 Å². The Kier molecular flexibility index (Phi) is 15.1. The van der Waals surface area contributed by atoms with Crippen molar-refractivity contribution in [3.05, 3.63) is 0 Å². The van der Waals surface area contributed by atoms with Crippen LogP contribution < -0.4 is 0 Å². The van der Waals surface area contributed by atoms with Gasteiger partial charge < -0.3 is 0 Å². The van der Waals surface area contributed by atoms with Gasteiger partial charge in [0.2, 0.25) is 0 Å². The normalized spacial score (nSPS) is 10.8. The lowest BCUT2D eigenvalue weighted by Gasteiger charge is -2.02. The molecule has 0 aliphatic heterocycles. The molecular weight excluding hydrogens is 191 g/mol. The van der Waals surface area contributed by atoms with E-state index in [9.17, 15) is 0 Å². The average molecular weight is 224 g/mol. The zero-order valence-corrected chi connectivity index (χ0v) is 11.9. The molecule has 0 aromatic rings. The number of hydrogen-bond donors (Lipinski definition) is 0. The third-order valence-corrected chi connectivity index (χ3v) is 3.46. The van der Waals surface area contributed by atoms with Crippen LogP contribution in [0, 0.1) is 0 Å². The Morgan fingerprint density at radius 2 is 0.812 bits per heavy atom. The summed E-state index contributed by atoms with van der Waals surface area (Å²) >= 11 is 0. The van der Waals surface area contributed by atoms with Crippen molar-refractivity contribution in [3.8, 4) is 0 Å². The van der Waals surface area contributed by atoms with E-state index < -0.39 is 0 Å². The fourth-order valence-corrected chi connectivity index (χ4v) is 2.27. The minimum Gasteiger partial charge on any atom is -0.0811 e. The van der Waals surface area contributed by atoms with E-state index in [0.29, 0.717) is 0 Å². The summed E-state index contributed by atoms with van der Waals surface area (Å²) in [6.07, 6.45) is 20.4. The van der Waals surface area contributed by atoms with Gasteiger partial charge in [-0.15, -0.1) is 0 Å². The van der Waals surface area contributed by atoms with Crippen molar-refractivity contribution < 1.29 is 0 Å². The van der Waals surface area contributed by atoms with Crippen LogP contribution in [-0.4, -0.2) is 7.85 Å². The predicted octanol–water partition coefficient (Wildman–Crippen LogP) is 5.13. The van der Waals surface area contributed by atoms with Crippen molar-refractivity contribution in [2.45, 2.75) is 96.7 Å². The summed E-state index contributed by atoms with van der Waals surface area (Å²) in [4.78, 5) is 0. The Bertz CT molecular complexity index is 98.0. The fraction of sp³-hybridized carbons (Fsp3) is 1.00. The summed E-state index contributed by atoms with van der Waals surface area (Å²) in [6.45, 7) is 2.29. The Labute approximate surface area is 105 Å². The fourth-order valence-electron chi connectivity index (χ4n) is 2.27. The molecule has 0 aromatic heterocycles. The summed E-state index contributed by atoms with van der Waals surface area (Å²) in [6, 6.07) is 0. The molecule has 0 heterocycles. The molecule has 0 atom stereocenters. The number of unbranched alkanes of at least 4 members (excludes halogenated alkanes) is 12. The quantitative estimate of drug-likeness (QED) is 0.300. The van der Waals surface area contributed by atoms with Crippen molar-refractivity contribution in [3.63, 3.8) is 0 Å². The molecule has 1 heteroatoms. The molecule has 0 rings (SSSR count). The van der Waals surface area contributed by atoms with Crippen LogP contribution in [0.5, 0.6) is 0 Å². The largest absolute Gasteiger partial charge is 0.101 e. The second kappa shape index (κ2) is 15.1. The summed E-state index contributed by atoms with van der Waals surface area (Å²) in [7, 11) is 2.29. The van der Waals surface area contributed by atoms with Crippen LogP contribution in [0.15, 0.2) is 0 Å². The highest BCUT2D eigenvalue weighted by molar-refractivity contribution is 6.08. The highest BCUT2D eigenvalue weighted by Gasteiger charge is 1.92. The maximum absolute atomic E-state index is 2.29. The second-order valence-corrected chi connectivity index (χ2v) is 5.24. The van der Waals surface area contributed by atoms with Gasteiger partial charge >= 0.3 is 0 Å². The Balaban J connectivity index is 2.83. The van der Waals surface area contributed by atoms with E-state index in [1.54, 1.807) is 0 Å². The van der Waals surface area contributed by atoms with E-state index in [1.807, 2.05) is 0 Å². The average Bonchev–Trinajstić information content (AvgIpc) is 2.31. The number of rotatable bonds is 13. The Morgan fingerprint density at radius 3 is 1.12 bits per heavy atom. The van der Waals surface area contributed by atoms with E-state index >= 15 is 0 Å². The molecule has 0 aromatic carbocycles. The molecule has 96 valence electrons. The van der Waals surface area contributed by atoms with Crippen molar-refractivity contribution in [1.29, 1.82) is 0 Å². The maximum atomic E-state index is 2.29. The summed E-state index contributed by atoms with van der Waals surface area (Å²) in [5.74, 6) is 0. The van der Waals surface area contributed by atoms with Gasteiger partial charge in [0, 0.05) is 0 Å². The van der Waals surface area contributed by atoms with Gasteiger partial charge in [-0.05, 0) is 0 Å². The predicted molar refractivity (Wildman–Crippen MR) is 79.0 cm³/mol. The highest BCUT2D eigenvalue weighted by Crippen LogP contribution is 2.12. The molecule has 0 bridgehead atoms. The van der Waals surface area contributed by atoms with Crippen LogP contribution in [-0.2, 0) is 0 Å². The van der Waals surface area contributed by atoms with Gasteiger partial charge in [0.1, 0.15) is 7.85 Å². The molecule has 0 nitrogen and oxygen atoms in total. The van der Waals surface area contributed by atoms with Crippen LogP contribution in [0.3, 0.4) is 0 Å². The topological polar surface area (TPSA) is 0 Å². The Hall–Kier alpha value is 0.0649. The Morgan fingerprint density at radius 1 is 0.500 bits per heavy atom. The van der Waals surface area contributed by atoms with Gasteiger partial charge in [0.15, 0.2) is 0 Å². The molecule has 0 saturated heterocycles. The first-order valence-electron chi connectivity index (χ1n) is 7.91. The SMILES string of the molecule is BCCCCCCCCCCCCCCC. The molecule has 16 heavy (non-hydrogen) atoms. The molecule has 0 spiro atoms.